The molecule has 5 heteroatoms. The van der Waals surface area contributed by atoms with Gasteiger partial charge >= 0.3 is 0 Å². The van der Waals surface area contributed by atoms with E-state index in [2.05, 4.69) is 10.6 Å². The van der Waals surface area contributed by atoms with E-state index in [0.29, 0.717) is 6.54 Å². The van der Waals surface area contributed by atoms with Crippen LogP contribution in [0, 0.1) is 5.92 Å². The molecule has 0 aromatic rings. The van der Waals surface area contributed by atoms with Gasteiger partial charge in [0.15, 0.2) is 0 Å². The highest BCUT2D eigenvalue weighted by Gasteiger charge is 2.25. The van der Waals surface area contributed by atoms with E-state index in [1.807, 2.05) is 6.92 Å². The van der Waals surface area contributed by atoms with Gasteiger partial charge in [-0.05, 0) is 19.8 Å². The summed E-state index contributed by atoms with van der Waals surface area (Å²) in [7, 11) is 0. The Morgan fingerprint density at radius 3 is 2.50 bits per heavy atom. The molecule has 1 aliphatic carbocycles. The average Bonchev–Trinajstić information content (AvgIpc) is 2.37. The lowest BCUT2D eigenvalue weighted by Gasteiger charge is -2.30. The Morgan fingerprint density at radius 1 is 1.17 bits per heavy atom. The summed E-state index contributed by atoms with van der Waals surface area (Å²) in [6.45, 7) is 2.57. The molecular weight excluding hydrogens is 232 g/mol. The van der Waals surface area contributed by atoms with Crippen molar-refractivity contribution in [3.05, 3.63) is 0 Å². The SMILES string of the molecule is CCNC(=O)CCC(=O)NC1CCCCC1CO. The zero-order valence-electron chi connectivity index (χ0n) is 11.1. The van der Waals surface area contributed by atoms with Crippen LogP contribution in [0.2, 0.25) is 0 Å². The second kappa shape index (κ2) is 8.08. The maximum atomic E-state index is 11.7. The fourth-order valence-corrected chi connectivity index (χ4v) is 2.41. The molecule has 104 valence electrons. The molecule has 1 fully saturated rings. The first-order chi connectivity index (χ1) is 8.67. The molecule has 5 nitrogen and oxygen atoms in total. The Morgan fingerprint density at radius 2 is 1.83 bits per heavy atom. The van der Waals surface area contributed by atoms with Gasteiger partial charge in [-0.3, -0.25) is 9.59 Å². The summed E-state index contributed by atoms with van der Waals surface area (Å²) in [6, 6.07) is 0.0745. The van der Waals surface area contributed by atoms with Gasteiger partial charge in [0, 0.05) is 38.0 Å². The second-order valence-corrected chi connectivity index (χ2v) is 4.85. The Bertz CT molecular complexity index is 281. The molecule has 0 radical (unpaired) electrons. The number of carbonyl (C=O) groups is 2. The molecule has 0 bridgehead atoms. The van der Waals surface area contributed by atoms with Crippen molar-refractivity contribution in [1.29, 1.82) is 0 Å². The summed E-state index contributed by atoms with van der Waals surface area (Å²) in [6.07, 6.45) is 4.57. The van der Waals surface area contributed by atoms with Crippen LogP contribution in [0.25, 0.3) is 0 Å². The van der Waals surface area contributed by atoms with Crippen LogP contribution < -0.4 is 10.6 Å². The summed E-state index contributed by atoms with van der Waals surface area (Å²) in [5.41, 5.74) is 0. The normalized spacial score (nSPS) is 23.4. The lowest BCUT2D eigenvalue weighted by Crippen LogP contribution is -2.43. The molecule has 0 aromatic heterocycles. The fraction of sp³-hybridized carbons (Fsp3) is 0.846. The molecule has 1 saturated carbocycles. The molecule has 3 N–H and O–H groups in total. The zero-order chi connectivity index (χ0) is 13.4. The summed E-state index contributed by atoms with van der Waals surface area (Å²) in [5, 5.41) is 14.9. The molecule has 0 heterocycles. The summed E-state index contributed by atoms with van der Waals surface area (Å²) in [4.78, 5) is 22.9. The number of hydrogen-bond donors (Lipinski definition) is 3. The lowest BCUT2D eigenvalue weighted by atomic mass is 9.85. The molecule has 0 aliphatic heterocycles. The first kappa shape index (κ1) is 15.0. The quantitative estimate of drug-likeness (QED) is 0.650. The Hall–Kier alpha value is -1.10. The minimum Gasteiger partial charge on any atom is -0.396 e. The van der Waals surface area contributed by atoms with Gasteiger partial charge in [0.2, 0.25) is 11.8 Å². The molecule has 2 unspecified atom stereocenters. The predicted molar refractivity (Wildman–Crippen MR) is 68.9 cm³/mol. The molecule has 0 spiro atoms. The van der Waals surface area contributed by atoms with E-state index in [4.69, 9.17) is 0 Å². The number of rotatable bonds is 6. The van der Waals surface area contributed by atoms with Crippen molar-refractivity contribution >= 4 is 11.8 Å². The van der Waals surface area contributed by atoms with Crippen LogP contribution in [0.15, 0.2) is 0 Å². The highest BCUT2D eigenvalue weighted by atomic mass is 16.3. The van der Waals surface area contributed by atoms with Gasteiger partial charge in [-0.15, -0.1) is 0 Å². The summed E-state index contributed by atoms with van der Waals surface area (Å²) >= 11 is 0. The van der Waals surface area contributed by atoms with Crippen LogP contribution in [-0.4, -0.2) is 36.1 Å². The first-order valence-corrected chi connectivity index (χ1v) is 6.84. The Balaban J connectivity index is 2.27. The minimum absolute atomic E-state index is 0.0745. The standard InChI is InChI=1S/C13H24N2O3/c1-2-14-12(17)7-8-13(18)15-11-6-4-3-5-10(11)9-16/h10-11,16H,2-9H2,1H3,(H,14,17)(H,15,18). The smallest absolute Gasteiger partial charge is 0.220 e. The number of aliphatic hydroxyl groups is 1. The molecule has 0 saturated heterocycles. The molecule has 1 rings (SSSR count). The van der Waals surface area contributed by atoms with Gasteiger partial charge in [0.1, 0.15) is 0 Å². The van der Waals surface area contributed by atoms with Crippen LogP contribution in [0.5, 0.6) is 0 Å². The first-order valence-electron chi connectivity index (χ1n) is 6.84. The lowest BCUT2D eigenvalue weighted by molar-refractivity contribution is -0.127. The van der Waals surface area contributed by atoms with E-state index in [9.17, 15) is 14.7 Å². The van der Waals surface area contributed by atoms with E-state index in [1.54, 1.807) is 0 Å². The van der Waals surface area contributed by atoms with E-state index in [0.717, 1.165) is 25.7 Å². The van der Waals surface area contributed by atoms with Crippen molar-refractivity contribution in [3.63, 3.8) is 0 Å². The maximum absolute atomic E-state index is 11.7. The van der Waals surface area contributed by atoms with E-state index < -0.39 is 0 Å². The van der Waals surface area contributed by atoms with Crippen molar-refractivity contribution in [2.75, 3.05) is 13.2 Å². The van der Waals surface area contributed by atoms with Crippen LogP contribution in [0.1, 0.15) is 45.4 Å². The maximum Gasteiger partial charge on any atom is 0.220 e. The Kier molecular flexibility index (Phi) is 6.72. The van der Waals surface area contributed by atoms with Crippen LogP contribution in [0.4, 0.5) is 0 Å². The molecule has 1 aliphatic rings. The van der Waals surface area contributed by atoms with E-state index >= 15 is 0 Å². The van der Waals surface area contributed by atoms with Crippen molar-refractivity contribution in [3.8, 4) is 0 Å². The van der Waals surface area contributed by atoms with Crippen molar-refractivity contribution < 1.29 is 14.7 Å². The van der Waals surface area contributed by atoms with Gasteiger partial charge in [0.05, 0.1) is 0 Å². The number of hydrogen-bond acceptors (Lipinski definition) is 3. The van der Waals surface area contributed by atoms with Crippen LogP contribution in [-0.2, 0) is 9.59 Å². The van der Waals surface area contributed by atoms with Gasteiger partial charge in [-0.25, -0.2) is 0 Å². The highest BCUT2D eigenvalue weighted by molar-refractivity contribution is 5.83. The topological polar surface area (TPSA) is 78.4 Å². The fourth-order valence-electron chi connectivity index (χ4n) is 2.41. The van der Waals surface area contributed by atoms with Crippen molar-refractivity contribution in [1.82, 2.24) is 10.6 Å². The number of amides is 2. The molecule has 2 atom stereocenters. The Labute approximate surface area is 108 Å². The largest absolute Gasteiger partial charge is 0.396 e. The second-order valence-electron chi connectivity index (χ2n) is 4.85. The third-order valence-electron chi connectivity index (χ3n) is 3.44. The van der Waals surface area contributed by atoms with Gasteiger partial charge in [0.25, 0.3) is 0 Å². The van der Waals surface area contributed by atoms with Crippen LogP contribution in [0.3, 0.4) is 0 Å². The summed E-state index contributed by atoms with van der Waals surface area (Å²) in [5.74, 6) is -0.00577. The third-order valence-corrected chi connectivity index (χ3v) is 3.44. The average molecular weight is 256 g/mol. The molecular formula is C13H24N2O3. The monoisotopic (exact) mass is 256 g/mol. The van der Waals surface area contributed by atoms with E-state index in [1.165, 1.54) is 0 Å². The molecule has 0 aromatic carbocycles. The van der Waals surface area contributed by atoms with Crippen LogP contribution >= 0.6 is 0 Å². The van der Waals surface area contributed by atoms with Gasteiger partial charge in [-0.2, -0.15) is 0 Å². The third kappa shape index (κ3) is 5.04. The van der Waals surface area contributed by atoms with Gasteiger partial charge in [-0.1, -0.05) is 12.8 Å². The van der Waals surface area contributed by atoms with Crippen molar-refractivity contribution in [2.24, 2.45) is 5.92 Å². The molecule has 2 amide bonds. The predicted octanol–water partition coefficient (Wildman–Crippen LogP) is 0.570. The van der Waals surface area contributed by atoms with Gasteiger partial charge < -0.3 is 15.7 Å². The molecule has 18 heavy (non-hydrogen) atoms. The minimum atomic E-state index is -0.0911. The summed E-state index contributed by atoms with van der Waals surface area (Å²) < 4.78 is 0. The zero-order valence-corrected chi connectivity index (χ0v) is 11.1. The van der Waals surface area contributed by atoms with Crippen molar-refractivity contribution in [2.45, 2.75) is 51.5 Å². The highest BCUT2D eigenvalue weighted by Crippen LogP contribution is 2.23. The number of aliphatic hydroxyl groups excluding tert-OH is 1. The number of nitrogens with one attached hydrogen (secondary N) is 2. The van der Waals surface area contributed by atoms with E-state index in [-0.39, 0.29) is 43.2 Å². The number of carbonyl (C=O) groups excluding carboxylic acids is 2.